The maximum Gasteiger partial charge on any atom is 0.416 e. The molecule has 1 aliphatic heterocycles. The van der Waals surface area contributed by atoms with Crippen molar-refractivity contribution in [2.45, 2.75) is 19.7 Å². The molecule has 0 spiro atoms. The number of imide groups is 1. The number of thioether (sulfide) groups is 1. The Balaban J connectivity index is 1.39. The molecular weight excluding hydrogens is 541 g/mol. The lowest BCUT2D eigenvalue weighted by Crippen LogP contribution is -2.36. The van der Waals surface area contributed by atoms with Crippen molar-refractivity contribution in [2.24, 2.45) is 0 Å². The van der Waals surface area contributed by atoms with E-state index in [4.69, 9.17) is 16.3 Å². The van der Waals surface area contributed by atoms with Crippen molar-refractivity contribution in [3.8, 4) is 5.75 Å². The summed E-state index contributed by atoms with van der Waals surface area (Å²) in [6.45, 7) is 1.66. The Morgan fingerprint density at radius 1 is 1.08 bits per heavy atom. The average Bonchev–Trinajstić information content (AvgIpc) is 3.11. The molecule has 3 amide bonds. The number of nitrogens with zero attached hydrogens (tertiary/aromatic N) is 1. The Labute approximate surface area is 225 Å². The van der Waals surface area contributed by atoms with Crippen molar-refractivity contribution in [1.29, 1.82) is 0 Å². The van der Waals surface area contributed by atoms with Crippen LogP contribution in [0.5, 0.6) is 5.75 Å². The Hall–Kier alpha value is -3.76. The van der Waals surface area contributed by atoms with Crippen LogP contribution < -0.4 is 10.1 Å². The summed E-state index contributed by atoms with van der Waals surface area (Å²) in [6, 6.07) is 16.8. The van der Waals surface area contributed by atoms with E-state index in [0.717, 1.165) is 34.2 Å². The second-order valence-corrected chi connectivity index (χ2v) is 9.76. The molecule has 1 saturated heterocycles. The van der Waals surface area contributed by atoms with Crippen LogP contribution in [0.1, 0.15) is 22.3 Å². The highest BCUT2D eigenvalue weighted by Gasteiger charge is 2.36. The number of hydrogen-bond donors (Lipinski definition) is 1. The second kappa shape index (κ2) is 11.3. The van der Waals surface area contributed by atoms with Gasteiger partial charge in [-0.05, 0) is 66.2 Å². The lowest BCUT2D eigenvalue weighted by Gasteiger charge is -2.13. The molecule has 0 aliphatic carbocycles. The molecule has 0 radical (unpaired) electrons. The zero-order valence-corrected chi connectivity index (χ0v) is 21.4. The van der Waals surface area contributed by atoms with Crippen molar-refractivity contribution in [2.75, 3.05) is 11.9 Å². The highest BCUT2D eigenvalue weighted by atomic mass is 35.5. The molecule has 1 fully saturated rings. The number of carbonyl (C=O) groups is 3. The third kappa shape index (κ3) is 6.76. The van der Waals surface area contributed by atoms with Gasteiger partial charge in [0.15, 0.2) is 0 Å². The largest absolute Gasteiger partial charge is 0.487 e. The van der Waals surface area contributed by atoms with Gasteiger partial charge in [-0.25, -0.2) is 0 Å². The van der Waals surface area contributed by atoms with Gasteiger partial charge in [0.1, 0.15) is 18.9 Å². The number of alkyl halides is 3. The Morgan fingerprint density at radius 2 is 1.82 bits per heavy atom. The average molecular weight is 561 g/mol. The first-order valence-corrected chi connectivity index (χ1v) is 12.4. The standard InChI is InChI=1S/C27H20ClF3N2O4S/c1-16-5-7-17(8-6-16)15-37-22-10-9-18(11-21(22)28)12-23-25(35)33(26(36)38-23)14-24(34)32-20-4-2-3-19(13-20)27(29,30)31/h2-13H,14-15H2,1H3,(H,32,34)/b23-12-. The van der Waals surface area contributed by atoms with Gasteiger partial charge >= 0.3 is 6.18 Å². The normalized spacial score (nSPS) is 14.8. The van der Waals surface area contributed by atoms with Gasteiger partial charge in [0.2, 0.25) is 5.91 Å². The van der Waals surface area contributed by atoms with Crippen molar-refractivity contribution in [3.63, 3.8) is 0 Å². The number of aryl methyl sites for hydroxylation is 1. The predicted molar refractivity (Wildman–Crippen MR) is 140 cm³/mol. The summed E-state index contributed by atoms with van der Waals surface area (Å²) in [5, 5.41) is 1.92. The fourth-order valence-electron chi connectivity index (χ4n) is 3.47. The van der Waals surface area contributed by atoms with Gasteiger partial charge in [-0.1, -0.05) is 53.6 Å². The minimum atomic E-state index is -4.58. The van der Waals surface area contributed by atoms with Crippen LogP contribution in [-0.4, -0.2) is 28.5 Å². The zero-order chi connectivity index (χ0) is 27.4. The molecule has 0 saturated carbocycles. The van der Waals surface area contributed by atoms with Gasteiger partial charge in [-0.2, -0.15) is 13.2 Å². The van der Waals surface area contributed by atoms with E-state index in [1.807, 2.05) is 31.2 Å². The molecule has 0 atom stereocenters. The number of hydrogen-bond acceptors (Lipinski definition) is 5. The third-order valence-electron chi connectivity index (χ3n) is 5.42. The number of carbonyl (C=O) groups excluding carboxylic acids is 3. The van der Waals surface area contributed by atoms with E-state index >= 15 is 0 Å². The van der Waals surface area contributed by atoms with E-state index in [9.17, 15) is 27.6 Å². The first kappa shape index (κ1) is 27.3. The molecule has 1 aliphatic rings. The Kier molecular flexibility index (Phi) is 8.13. The van der Waals surface area contributed by atoms with Crippen molar-refractivity contribution in [3.05, 3.63) is 98.9 Å². The topological polar surface area (TPSA) is 75.7 Å². The molecule has 6 nitrogen and oxygen atoms in total. The monoisotopic (exact) mass is 560 g/mol. The van der Waals surface area contributed by atoms with Crippen LogP contribution in [0, 0.1) is 6.92 Å². The van der Waals surface area contributed by atoms with E-state index in [0.29, 0.717) is 34.7 Å². The maximum absolute atomic E-state index is 12.9. The predicted octanol–water partition coefficient (Wildman–Crippen LogP) is 6.92. The molecular formula is C27H20ClF3N2O4S. The third-order valence-corrected chi connectivity index (χ3v) is 6.62. The van der Waals surface area contributed by atoms with Crippen LogP contribution in [0.4, 0.5) is 23.7 Å². The van der Waals surface area contributed by atoms with Crippen LogP contribution in [0.2, 0.25) is 5.02 Å². The molecule has 1 heterocycles. The zero-order valence-electron chi connectivity index (χ0n) is 19.8. The Bertz CT molecular complexity index is 1420. The summed E-state index contributed by atoms with van der Waals surface area (Å²) in [4.78, 5) is 38.3. The molecule has 1 N–H and O–H groups in total. The number of anilines is 1. The van der Waals surface area contributed by atoms with Crippen LogP contribution in [0.25, 0.3) is 6.08 Å². The van der Waals surface area contributed by atoms with E-state index in [1.165, 1.54) is 12.1 Å². The van der Waals surface area contributed by atoms with Crippen molar-refractivity contribution >= 4 is 52.2 Å². The minimum absolute atomic E-state index is 0.0752. The fraction of sp³-hybridized carbons (Fsp3) is 0.148. The van der Waals surface area contributed by atoms with Gasteiger partial charge < -0.3 is 10.1 Å². The smallest absolute Gasteiger partial charge is 0.416 e. The summed E-state index contributed by atoms with van der Waals surface area (Å²) >= 11 is 6.98. The second-order valence-electron chi connectivity index (χ2n) is 8.36. The van der Waals surface area contributed by atoms with E-state index < -0.39 is 35.3 Å². The molecule has 11 heteroatoms. The SMILES string of the molecule is Cc1ccc(COc2ccc(/C=C3\SC(=O)N(CC(=O)Nc4cccc(C(F)(F)F)c4)C3=O)cc2Cl)cc1. The van der Waals surface area contributed by atoms with Gasteiger partial charge in [0.05, 0.1) is 15.5 Å². The number of amides is 3. The highest BCUT2D eigenvalue weighted by molar-refractivity contribution is 8.18. The van der Waals surface area contributed by atoms with Gasteiger partial charge in [0, 0.05) is 5.69 Å². The molecule has 3 aromatic carbocycles. The molecule has 4 rings (SSSR count). The fourth-order valence-corrected chi connectivity index (χ4v) is 4.56. The molecule has 38 heavy (non-hydrogen) atoms. The summed E-state index contributed by atoms with van der Waals surface area (Å²) in [7, 11) is 0. The first-order valence-electron chi connectivity index (χ1n) is 11.2. The number of rotatable bonds is 7. The van der Waals surface area contributed by atoms with Gasteiger partial charge in [0.25, 0.3) is 11.1 Å². The molecule has 3 aromatic rings. The van der Waals surface area contributed by atoms with Gasteiger partial charge in [-0.15, -0.1) is 0 Å². The van der Waals surface area contributed by atoms with E-state index in [-0.39, 0.29) is 10.6 Å². The summed E-state index contributed by atoms with van der Waals surface area (Å²) in [5.74, 6) is -1.07. The number of ether oxygens (including phenoxy) is 1. The number of benzene rings is 3. The number of halogens is 4. The maximum atomic E-state index is 12.9. The summed E-state index contributed by atoms with van der Waals surface area (Å²) < 4.78 is 44.4. The van der Waals surface area contributed by atoms with Crippen molar-refractivity contribution < 1.29 is 32.3 Å². The van der Waals surface area contributed by atoms with Crippen LogP contribution >= 0.6 is 23.4 Å². The quantitative estimate of drug-likeness (QED) is 0.317. The van der Waals surface area contributed by atoms with Crippen molar-refractivity contribution in [1.82, 2.24) is 4.90 Å². The van der Waals surface area contributed by atoms with Crippen LogP contribution in [0.15, 0.2) is 71.6 Å². The molecule has 0 unspecified atom stereocenters. The minimum Gasteiger partial charge on any atom is -0.487 e. The molecule has 0 aromatic heterocycles. The highest BCUT2D eigenvalue weighted by Crippen LogP contribution is 2.34. The van der Waals surface area contributed by atoms with E-state index in [1.54, 1.807) is 18.2 Å². The summed E-state index contributed by atoms with van der Waals surface area (Å²) in [6.07, 6.45) is -3.11. The number of nitrogens with one attached hydrogen (secondary N) is 1. The van der Waals surface area contributed by atoms with E-state index in [2.05, 4.69) is 5.32 Å². The Morgan fingerprint density at radius 3 is 2.50 bits per heavy atom. The lowest BCUT2D eigenvalue weighted by atomic mass is 10.1. The van der Waals surface area contributed by atoms with Gasteiger partial charge in [-0.3, -0.25) is 19.3 Å². The molecule has 196 valence electrons. The lowest BCUT2D eigenvalue weighted by molar-refractivity contribution is -0.137. The first-order chi connectivity index (χ1) is 18.0. The summed E-state index contributed by atoms with van der Waals surface area (Å²) in [5.41, 5.74) is 1.61. The molecule has 0 bridgehead atoms. The van der Waals surface area contributed by atoms with Crippen LogP contribution in [0.3, 0.4) is 0 Å². The van der Waals surface area contributed by atoms with Crippen LogP contribution in [-0.2, 0) is 22.4 Å².